The number of nitrogens with one attached hydrogen (secondary N) is 1. The largest absolute Gasteiger partial charge is 0.480 e. The van der Waals surface area contributed by atoms with Gasteiger partial charge in [-0.2, -0.15) is 0 Å². The van der Waals surface area contributed by atoms with E-state index < -0.39 is 17.9 Å². The molecule has 0 bridgehead atoms. The summed E-state index contributed by atoms with van der Waals surface area (Å²) in [6, 6.07) is -0.869. The molecule has 1 amide bonds. The first-order chi connectivity index (χ1) is 7.47. The van der Waals surface area contributed by atoms with Crippen LogP contribution >= 0.6 is 22.9 Å². The summed E-state index contributed by atoms with van der Waals surface area (Å²) in [6.45, 7) is 3.49. The number of hydrogen-bond donors (Lipinski definition) is 2. The smallest absolute Gasteiger partial charge is 0.326 e. The average molecular weight is 262 g/mol. The predicted octanol–water partition coefficient (Wildman–Crippen LogP) is 2.30. The molecule has 1 rings (SSSR count). The third kappa shape index (κ3) is 2.74. The lowest BCUT2D eigenvalue weighted by Gasteiger charge is -2.11. The number of amides is 1. The summed E-state index contributed by atoms with van der Waals surface area (Å²) in [5.41, 5.74) is 0.820. The zero-order valence-electron chi connectivity index (χ0n) is 8.91. The summed E-state index contributed by atoms with van der Waals surface area (Å²) in [6.07, 6.45) is 0.336. The molecule has 0 saturated carbocycles. The first-order valence-corrected chi connectivity index (χ1v) is 6.00. The number of carboxylic acids is 1. The molecule has 0 spiro atoms. The minimum absolute atomic E-state index is 0.336. The minimum Gasteiger partial charge on any atom is -0.480 e. The van der Waals surface area contributed by atoms with Gasteiger partial charge in [-0.15, -0.1) is 11.3 Å². The van der Waals surface area contributed by atoms with Crippen molar-refractivity contribution in [2.75, 3.05) is 0 Å². The van der Waals surface area contributed by atoms with Gasteiger partial charge in [0.1, 0.15) is 10.9 Å². The van der Waals surface area contributed by atoms with Gasteiger partial charge in [0.05, 0.1) is 5.02 Å². The molecular weight excluding hydrogens is 250 g/mol. The first kappa shape index (κ1) is 13.0. The van der Waals surface area contributed by atoms with Gasteiger partial charge in [-0.05, 0) is 24.3 Å². The Morgan fingerprint density at radius 1 is 1.62 bits per heavy atom. The van der Waals surface area contributed by atoms with Gasteiger partial charge in [0.25, 0.3) is 5.91 Å². The van der Waals surface area contributed by atoms with Crippen LogP contribution in [-0.4, -0.2) is 23.0 Å². The van der Waals surface area contributed by atoms with E-state index in [4.69, 9.17) is 16.7 Å². The lowest BCUT2D eigenvalue weighted by Crippen LogP contribution is -2.40. The van der Waals surface area contributed by atoms with Crippen LogP contribution in [0.2, 0.25) is 5.02 Å². The second-order valence-corrected chi connectivity index (χ2v) is 4.59. The molecule has 0 aliphatic carbocycles. The molecule has 1 aromatic rings. The van der Waals surface area contributed by atoms with Crippen molar-refractivity contribution < 1.29 is 14.7 Å². The minimum atomic E-state index is -1.04. The first-order valence-electron chi connectivity index (χ1n) is 4.74. The van der Waals surface area contributed by atoms with Gasteiger partial charge in [0.2, 0.25) is 0 Å². The number of hydrogen-bond acceptors (Lipinski definition) is 3. The maximum atomic E-state index is 11.7. The number of carbonyl (C=O) groups excluding carboxylic acids is 1. The zero-order chi connectivity index (χ0) is 12.3. The Labute approximate surface area is 102 Å². The van der Waals surface area contributed by atoms with E-state index in [1.54, 1.807) is 19.2 Å². The van der Waals surface area contributed by atoms with Gasteiger partial charge < -0.3 is 10.4 Å². The van der Waals surface area contributed by atoms with E-state index in [0.717, 1.165) is 5.56 Å². The molecular formula is C10H12ClNO3S. The number of rotatable bonds is 4. The molecule has 4 nitrogen and oxygen atoms in total. The van der Waals surface area contributed by atoms with Gasteiger partial charge in [-0.1, -0.05) is 18.5 Å². The van der Waals surface area contributed by atoms with Crippen LogP contribution in [0, 0.1) is 6.92 Å². The van der Waals surface area contributed by atoms with Crippen molar-refractivity contribution in [2.45, 2.75) is 26.3 Å². The fraction of sp³-hybridized carbons (Fsp3) is 0.400. The molecule has 6 heteroatoms. The van der Waals surface area contributed by atoms with E-state index in [-0.39, 0.29) is 0 Å². The van der Waals surface area contributed by atoms with Crippen molar-refractivity contribution in [3.63, 3.8) is 0 Å². The lowest BCUT2D eigenvalue weighted by atomic mass is 10.2. The molecule has 16 heavy (non-hydrogen) atoms. The molecule has 1 aromatic heterocycles. The van der Waals surface area contributed by atoms with Crippen LogP contribution in [0.15, 0.2) is 5.38 Å². The molecule has 88 valence electrons. The van der Waals surface area contributed by atoms with Crippen LogP contribution < -0.4 is 5.32 Å². The molecule has 1 heterocycles. The number of halogens is 1. The summed E-state index contributed by atoms with van der Waals surface area (Å²) in [5, 5.41) is 13.4. The number of thiophene rings is 1. The standard InChI is InChI=1S/C10H12ClNO3S/c1-3-6(10(14)15)12-9(13)8-7(11)5(2)4-16-8/h4,6H,3H2,1-2H3,(H,12,13)(H,14,15)/t6-/m1/s1. The zero-order valence-corrected chi connectivity index (χ0v) is 10.5. The van der Waals surface area contributed by atoms with E-state index in [2.05, 4.69) is 5.32 Å². The molecule has 0 fully saturated rings. The summed E-state index contributed by atoms with van der Waals surface area (Å²) in [7, 11) is 0. The van der Waals surface area contributed by atoms with Gasteiger partial charge in [-0.25, -0.2) is 4.79 Å². The highest BCUT2D eigenvalue weighted by atomic mass is 35.5. The third-order valence-electron chi connectivity index (χ3n) is 2.12. The van der Waals surface area contributed by atoms with Crippen LogP contribution in [-0.2, 0) is 4.79 Å². The summed E-state index contributed by atoms with van der Waals surface area (Å²) < 4.78 is 0. The Kier molecular flexibility index (Phi) is 4.32. The molecule has 1 atom stereocenters. The Hall–Kier alpha value is -1.07. The SMILES string of the molecule is CC[C@@H](NC(=O)c1scc(C)c1Cl)C(=O)O. The topological polar surface area (TPSA) is 66.4 Å². The Balaban J connectivity index is 2.80. The maximum Gasteiger partial charge on any atom is 0.326 e. The van der Waals surface area contributed by atoms with Crippen LogP contribution in [0.4, 0.5) is 0 Å². The highest BCUT2D eigenvalue weighted by molar-refractivity contribution is 7.13. The van der Waals surface area contributed by atoms with Crippen molar-refractivity contribution in [1.82, 2.24) is 5.32 Å². The predicted molar refractivity (Wildman–Crippen MR) is 63.2 cm³/mol. The number of aliphatic carboxylic acids is 1. The second-order valence-electron chi connectivity index (χ2n) is 3.33. The Morgan fingerprint density at radius 2 is 2.25 bits per heavy atom. The normalized spacial score (nSPS) is 12.2. The van der Waals surface area contributed by atoms with Crippen molar-refractivity contribution in [2.24, 2.45) is 0 Å². The van der Waals surface area contributed by atoms with Crippen molar-refractivity contribution in [1.29, 1.82) is 0 Å². The molecule has 0 aromatic carbocycles. The lowest BCUT2D eigenvalue weighted by molar-refractivity contribution is -0.139. The van der Waals surface area contributed by atoms with Crippen LogP contribution in [0.3, 0.4) is 0 Å². The van der Waals surface area contributed by atoms with Gasteiger partial charge in [0.15, 0.2) is 0 Å². The van der Waals surface area contributed by atoms with Crippen molar-refractivity contribution >= 4 is 34.8 Å². The van der Waals surface area contributed by atoms with Crippen LogP contribution in [0.5, 0.6) is 0 Å². The fourth-order valence-electron chi connectivity index (χ4n) is 1.15. The van der Waals surface area contributed by atoms with E-state index in [9.17, 15) is 9.59 Å². The van der Waals surface area contributed by atoms with Gasteiger partial charge in [0, 0.05) is 0 Å². The number of aryl methyl sites for hydroxylation is 1. The van der Waals surface area contributed by atoms with E-state index in [1.165, 1.54) is 11.3 Å². The molecule has 0 unspecified atom stereocenters. The quantitative estimate of drug-likeness (QED) is 0.874. The summed E-state index contributed by atoms with van der Waals surface area (Å²) in [4.78, 5) is 22.8. The van der Waals surface area contributed by atoms with Gasteiger partial charge >= 0.3 is 5.97 Å². The van der Waals surface area contributed by atoms with Crippen LogP contribution in [0.1, 0.15) is 28.6 Å². The number of carboxylic acid groups (broad SMARTS) is 1. The second kappa shape index (κ2) is 5.32. The van der Waals surface area contributed by atoms with Crippen molar-refractivity contribution in [3.8, 4) is 0 Å². The molecule has 2 N–H and O–H groups in total. The highest BCUT2D eigenvalue weighted by Crippen LogP contribution is 2.26. The van der Waals surface area contributed by atoms with E-state index in [0.29, 0.717) is 16.3 Å². The molecule has 0 aliphatic heterocycles. The highest BCUT2D eigenvalue weighted by Gasteiger charge is 2.21. The Morgan fingerprint density at radius 3 is 2.62 bits per heavy atom. The summed E-state index contributed by atoms with van der Waals surface area (Å²) in [5.74, 6) is -1.47. The Bertz CT molecular complexity index is 416. The third-order valence-corrected chi connectivity index (χ3v) is 3.81. The van der Waals surface area contributed by atoms with E-state index in [1.807, 2.05) is 0 Å². The van der Waals surface area contributed by atoms with Crippen molar-refractivity contribution in [3.05, 3.63) is 20.8 Å². The number of carbonyl (C=O) groups is 2. The average Bonchev–Trinajstić information content (AvgIpc) is 2.55. The molecule has 0 saturated heterocycles. The van der Waals surface area contributed by atoms with Gasteiger partial charge in [-0.3, -0.25) is 4.79 Å². The monoisotopic (exact) mass is 261 g/mol. The fourth-order valence-corrected chi connectivity index (χ4v) is 2.33. The molecule has 0 radical (unpaired) electrons. The molecule has 0 aliphatic rings. The summed E-state index contributed by atoms with van der Waals surface area (Å²) >= 11 is 7.12. The van der Waals surface area contributed by atoms with E-state index >= 15 is 0 Å². The maximum absolute atomic E-state index is 11.7. The van der Waals surface area contributed by atoms with Crippen LogP contribution in [0.25, 0.3) is 0 Å².